The predicted octanol–water partition coefficient (Wildman–Crippen LogP) is 3.46. The molecule has 0 aliphatic carbocycles. The van der Waals surface area contributed by atoms with E-state index in [0.29, 0.717) is 48.8 Å². The molecule has 1 aliphatic rings. The highest BCUT2D eigenvalue weighted by Crippen LogP contribution is 2.25. The molecule has 1 aromatic heterocycles. The third-order valence-electron chi connectivity index (χ3n) is 6.04. The largest absolute Gasteiger partial charge is 0.454 e. The van der Waals surface area contributed by atoms with Gasteiger partial charge >= 0.3 is 5.97 Å². The lowest BCUT2D eigenvalue weighted by Gasteiger charge is -2.26. The van der Waals surface area contributed by atoms with Crippen molar-refractivity contribution in [3.63, 3.8) is 0 Å². The molecule has 0 unspecified atom stereocenters. The molecular weight excluding hydrogens is 468 g/mol. The number of nitrogens with zero attached hydrogens (tertiary/aromatic N) is 2. The minimum atomic E-state index is -3.66. The van der Waals surface area contributed by atoms with E-state index in [4.69, 9.17) is 9.47 Å². The van der Waals surface area contributed by atoms with Crippen molar-refractivity contribution in [2.24, 2.45) is 0 Å². The Kier molecular flexibility index (Phi) is 7.20. The normalized spacial score (nSPS) is 14.6. The third kappa shape index (κ3) is 5.22. The van der Waals surface area contributed by atoms with Gasteiger partial charge in [0.25, 0.3) is 0 Å². The Morgan fingerprint density at radius 2 is 1.66 bits per heavy atom. The average Bonchev–Trinajstić information content (AvgIpc) is 3.17. The van der Waals surface area contributed by atoms with E-state index >= 15 is 0 Å². The lowest BCUT2D eigenvalue weighted by atomic mass is 10.1. The lowest BCUT2D eigenvalue weighted by Crippen LogP contribution is -2.40. The fraction of sp³-hybridized carbons (Fsp3) is 0.308. The number of benzene rings is 2. The fourth-order valence-electron chi connectivity index (χ4n) is 4.14. The monoisotopic (exact) mass is 496 g/mol. The fourth-order valence-corrected chi connectivity index (χ4v) is 5.59. The molecule has 0 atom stereocenters. The first kappa shape index (κ1) is 24.8. The van der Waals surface area contributed by atoms with Crippen LogP contribution in [0.4, 0.5) is 0 Å². The van der Waals surface area contributed by atoms with Crippen LogP contribution in [0.2, 0.25) is 0 Å². The zero-order valence-corrected chi connectivity index (χ0v) is 20.8. The van der Waals surface area contributed by atoms with E-state index in [1.165, 1.54) is 4.31 Å². The highest BCUT2D eigenvalue weighted by Gasteiger charge is 2.27. The number of esters is 1. The summed E-state index contributed by atoms with van der Waals surface area (Å²) in [7, 11) is -3.66. The van der Waals surface area contributed by atoms with Crippen molar-refractivity contribution >= 4 is 21.8 Å². The number of Topliss-reactive ketones (excluding diaryl/α,β-unsaturated/α-hetero) is 1. The second kappa shape index (κ2) is 10.2. The summed E-state index contributed by atoms with van der Waals surface area (Å²) in [6, 6.07) is 15.3. The molecule has 2 heterocycles. The number of carbonyl (C=O) groups excluding carboxylic acids is 2. The maximum absolute atomic E-state index is 13.1. The van der Waals surface area contributed by atoms with Gasteiger partial charge in [-0.1, -0.05) is 23.8 Å². The van der Waals surface area contributed by atoms with E-state index in [2.05, 4.69) is 0 Å². The number of hydrogen-bond donors (Lipinski definition) is 0. The van der Waals surface area contributed by atoms with Gasteiger partial charge < -0.3 is 14.0 Å². The molecule has 0 radical (unpaired) electrons. The van der Waals surface area contributed by atoms with Gasteiger partial charge in [-0.15, -0.1) is 0 Å². The zero-order chi connectivity index (χ0) is 25.2. The standard InChI is InChI=1S/C26H28N2O6S/c1-18-7-9-21(10-8-18)26(30)34-17-25(29)24-15-19(2)28(20(24)3)22-5-4-6-23(16-22)35(31,32)27-11-13-33-14-12-27/h4-10,15-16H,11-14,17H2,1-3H3. The molecule has 2 aromatic carbocycles. The molecule has 3 aromatic rings. The van der Waals surface area contributed by atoms with Crippen molar-refractivity contribution in [1.29, 1.82) is 0 Å². The van der Waals surface area contributed by atoms with Gasteiger partial charge in [-0.2, -0.15) is 4.31 Å². The molecule has 1 fully saturated rings. The molecule has 0 saturated carbocycles. The van der Waals surface area contributed by atoms with Crippen LogP contribution in [0.1, 0.15) is 37.7 Å². The van der Waals surface area contributed by atoms with Gasteiger partial charge in [0.15, 0.2) is 6.61 Å². The van der Waals surface area contributed by atoms with Gasteiger partial charge in [-0.05, 0) is 57.2 Å². The van der Waals surface area contributed by atoms with Crippen LogP contribution in [0.5, 0.6) is 0 Å². The number of rotatable bonds is 7. The Bertz CT molecular complexity index is 1350. The van der Waals surface area contributed by atoms with Gasteiger partial charge in [0.05, 0.1) is 23.7 Å². The molecule has 4 rings (SSSR count). The number of ketones is 1. The third-order valence-corrected chi connectivity index (χ3v) is 7.93. The van der Waals surface area contributed by atoms with E-state index in [1.807, 2.05) is 18.4 Å². The van der Waals surface area contributed by atoms with Gasteiger partial charge in [-0.25, -0.2) is 13.2 Å². The second-order valence-electron chi connectivity index (χ2n) is 8.50. The Labute approximate surface area is 205 Å². The predicted molar refractivity (Wildman–Crippen MR) is 131 cm³/mol. The first-order chi connectivity index (χ1) is 16.7. The molecule has 0 N–H and O–H groups in total. The summed E-state index contributed by atoms with van der Waals surface area (Å²) >= 11 is 0. The van der Waals surface area contributed by atoms with Crippen LogP contribution in [0, 0.1) is 20.8 Å². The lowest BCUT2D eigenvalue weighted by molar-refractivity contribution is 0.0474. The minimum absolute atomic E-state index is 0.185. The van der Waals surface area contributed by atoms with Crippen LogP contribution in [0.25, 0.3) is 5.69 Å². The number of aromatic nitrogens is 1. The smallest absolute Gasteiger partial charge is 0.338 e. The molecule has 184 valence electrons. The zero-order valence-electron chi connectivity index (χ0n) is 20.0. The summed E-state index contributed by atoms with van der Waals surface area (Å²) in [5, 5.41) is 0. The first-order valence-electron chi connectivity index (χ1n) is 11.3. The highest BCUT2D eigenvalue weighted by atomic mass is 32.2. The number of aryl methyl sites for hydroxylation is 2. The van der Waals surface area contributed by atoms with Crippen LogP contribution >= 0.6 is 0 Å². The molecule has 0 amide bonds. The molecule has 8 nitrogen and oxygen atoms in total. The first-order valence-corrected chi connectivity index (χ1v) is 12.8. The second-order valence-corrected chi connectivity index (χ2v) is 10.4. The van der Waals surface area contributed by atoms with Crippen LogP contribution < -0.4 is 0 Å². The number of morpholine rings is 1. The van der Waals surface area contributed by atoms with Gasteiger partial charge in [0, 0.05) is 35.7 Å². The summed E-state index contributed by atoms with van der Waals surface area (Å²) in [5.41, 5.74) is 3.85. The minimum Gasteiger partial charge on any atom is -0.454 e. The van der Waals surface area contributed by atoms with Crippen LogP contribution in [-0.4, -0.2) is 62.0 Å². The SMILES string of the molecule is Cc1ccc(C(=O)OCC(=O)c2cc(C)n(-c3cccc(S(=O)(=O)N4CCOCC4)c3)c2C)cc1. The van der Waals surface area contributed by atoms with E-state index in [9.17, 15) is 18.0 Å². The summed E-state index contributed by atoms with van der Waals surface area (Å²) < 4.78 is 39.9. The highest BCUT2D eigenvalue weighted by molar-refractivity contribution is 7.89. The van der Waals surface area contributed by atoms with E-state index in [-0.39, 0.29) is 17.3 Å². The molecule has 1 saturated heterocycles. The number of ether oxygens (including phenoxy) is 2. The maximum Gasteiger partial charge on any atom is 0.338 e. The van der Waals surface area contributed by atoms with Crippen molar-refractivity contribution in [3.05, 3.63) is 82.7 Å². The van der Waals surface area contributed by atoms with Crippen molar-refractivity contribution < 1.29 is 27.5 Å². The number of carbonyl (C=O) groups is 2. The summed E-state index contributed by atoms with van der Waals surface area (Å²) in [4.78, 5) is 25.3. The van der Waals surface area contributed by atoms with E-state index in [0.717, 1.165) is 11.3 Å². The summed E-state index contributed by atoms with van der Waals surface area (Å²) in [6.45, 7) is 6.52. The topological polar surface area (TPSA) is 94.9 Å². The Morgan fingerprint density at radius 3 is 2.34 bits per heavy atom. The number of sulfonamides is 1. The quantitative estimate of drug-likeness (QED) is 0.367. The van der Waals surface area contributed by atoms with Gasteiger partial charge in [0.1, 0.15) is 0 Å². The Balaban J connectivity index is 1.54. The number of hydrogen-bond acceptors (Lipinski definition) is 6. The van der Waals surface area contributed by atoms with Crippen LogP contribution in [-0.2, 0) is 19.5 Å². The summed E-state index contributed by atoms with van der Waals surface area (Å²) in [5.74, 6) is -0.893. The summed E-state index contributed by atoms with van der Waals surface area (Å²) in [6.07, 6.45) is 0. The van der Waals surface area contributed by atoms with Gasteiger partial charge in [-0.3, -0.25) is 4.79 Å². The van der Waals surface area contributed by atoms with Crippen LogP contribution in [0.3, 0.4) is 0 Å². The van der Waals surface area contributed by atoms with E-state index < -0.39 is 16.0 Å². The van der Waals surface area contributed by atoms with Gasteiger partial charge in [0.2, 0.25) is 15.8 Å². The molecular formula is C26H28N2O6S. The average molecular weight is 497 g/mol. The van der Waals surface area contributed by atoms with Crippen molar-refractivity contribution in [1.82, 2.24) is 8.87 Å². The Morgan fingerprint density at radius 1 is 0.971 bits per heavy atom. The molecule has 9 heteroatoms. The van der Waals surface area contributed by atoms with Crippen molar-refractivity contribution in [3.8, 4) is 5.69 Å². The molecule has 0 bridgehead atoms. The molecule has 35 heavy (non-hydrogen) atoms. The molecule has 0 spiro atoms. The molecule has 1 aliphatic heterocycles. The Hall–Kier alpha value is -3.27. The van der Waals surface area contributed by atoms with E-state index in [1.54, 1.807) is 61.5 Å². The van der Waals surface area contributed by atoms with Crippen molar-refractivity contribution in [2.45, 2.75) is 25.7 Å². The van der Waals surface area contributed by atoms with Crippen molar-refractivity contribution in [2.75, 3.05) is 32.9 Å². The maximum atomic E-state index is 13.1. The van der Waals surface area contributed by atoms with Crippen LogP contribution in [0.15, 0.2) is 59.5 Å².